The average molecular weight is 469 g/mol. The number of rotatable bonds is 7. The Morgan fingerprint density at radius 3 is 2.57 bits per heavy atom. The van der Waals surface area contributed by atoms with Crippen LogP contribution in [0.1, 0.15) is 11.9 Å². The van der Waals surface area contributed by atoms with Crippen LogP contribution in [-0.4, -0.2) is 44.8 Å². The van der Waals surface area contributed by atoms with Crippen LogP contribution in [0, 0.1) is 6.92 Å². The van der Waals surface area contributed by atoms with Gasteiger partial charge in [0.25, 0.3) is 15.6 Å². The van der Waals surface area contributed by atoms with Gasteiger partial charge < -0.3 is 15.4 Å². The number of H-pyrrole nitrogens is 1. The highest BCUT2D eigenvalue weighted by molar-refractivity contribution is 8.00. The van der Waals surface area contributed by atoms with Gasteiger partial charge >= 0.3 is 0 Å². The number of nitrogens with one attached hydrogen (secondary N) is 3. The lowest BCUT2D eigenvalue weighted by Crippen LogP contribution is -2.23. The number of hydrogen-bond donors (Lipinski definition) is 4. The van der Waals surface area contributed by atoms with Gasteiger partial charge in [-0.15, -0.1) is 10.2 Å². The second-order valence-corrected chi connectivity index (χ2v) is 10.1. The maximum absolute atomic E-state index is 12.4. The zero-order chi connectivity index (χ0) is 21.9. The molecular weight excluding hydrogens is 452 g/mol. The molecule has 0 radical (unpaired) electrons. The Labute approximate surface area is 179 Å². The molecule has 1 unspecified atom stereocenters. The molecule has 0 bridgehead atoms. The SMILES string of the molecule is Cc1nnc(NS(=O)(=O)c2ccc(NC(=O)C(C)Sc3nc(O)cc(=O)[nH]3)cc2)s1. The van der Waals surface area contributed by atoms with Gasteiger partial charge in [0.2, 0.25) is 16.9 Å². The molecule has 158 valence electrons. The standard InChI is InChI=1S/C16H16N6O5S3/c1-8(28-15-18-12(23)7-13(24)19-15)14(25)17-10-3-5-11(6-4-10)30(26,27)22-16-21-20-9(2)29-16/h3-8H,1-2H3,(H,17,25)(H,21,22)(H2,18,19,23,24). The van der Waals surface area contributed by atoms with Crippen LogP contribution in [-0.2, 0) is 14.8 Å². The Kier molecular flexibility index (Phi) is 6.38. The maximum Gasteiger partial charge on any atom is 0.263 e. The molecule has 0 aliphatic carbocycles. The van der Waals surface area contributed by atoms with Gasteiger partial charge in [0.1, 0.15) is 5.01 Å². The van der Waals surface area contributed by atoms with Gasteiger partial charge in [0, 0.05) is 5.69 Å². The lowest BCUT2D eigenvalue weighted by Gasteiger charge is -2.12. The van der Waals surface area contributed by atoms with E-state index in [9.17, 15) is 23.1 Å². The second-order valence-electron chi connectivity index (χ2n) is 5.91. The molecule has 0 saturated carbocycles. The molecule has 1 aromatic carbocycles. The third-order valence-corrected chi connectivity index (χ3v) is 6.77. The van der Waals surface area contributed by atoms with Crippen LogP contribution < -0.4 is 15.6 Å². The molecule has 3 aromatic rings. The fourth-order valence-electron chi connectivity index (χ4n) is 2.17. The Hall–Kier alpha value is -2.97. The average Bonchev–Trinajstić information content (AvgIpc) is 3.05. The number of benzene rings is 1. The van der Waals surface area contributed by atoms with E-state index in [0.717, 1.165) is 29.2 Å². The first-order valence-electron chi connectivity index (χ1n) is 8.33. The maximum atomic E-state index is 12.4. The summed E-state index contributed by atoms with van der Waals surface area (Å²) >= 11 is 2.07. The fourth-order valence-corrected chi connectivity index (χ4v) is 4.80. The molecule has 2 heterocycles. The number of aromatic nitrogens is 4. The zero-order valence-corrected chi connectivity index (χ0v) is 18.1. The minimum Gasteiger partial charge on any atom is -0.493 e. The number of aromatic hydroxyl groups is 1. The second kappa shape index (κ2) is 8.81. The summed E-state index contributed by atoms with van der Waals surface area (Å²) in [5, 5.41) is 19.7. The number of carbonyl (C=O) groups is 1. The van der Waals surface area contributed by atoms with Crippen LogP contribution in [0.4, 0.5) is 10.8 Å². The van der Waals surface area contributed by atoms with E-state index in [1.165, 1.54) is 24.3 Å². The summed E-state index contributed by atoms with van der Waals surface area (Å²) in [5.74, 6) is -0.841. The van der Waals surface area contributed by atoms with Crippen molar-refractivity contribution in [2.75, 3.05) is 10.0 Å². The summed E-state index contributed by atoms with van der Waals surface area (Å²) in [6, 6.07) is 6.51. The predicted octanol–water partition coefficient (Wildman–Crippen LogP) is 1.56. The van der Waals surface area contributed by atoms with E-state index >= 15 is 0 Å². The highest BCUT2D eigenvalue weighted by atomic mass is 32.2. The van der Waals surface area contributed by atoms with Crippen molar-refractivity contribution in [2.45, 2.75) is 29.1 Å². The first kappa shape index (κ1) is 21.7. The third kappa shape index (κ3) is 5.55. The van der Waals surface area contributed by atoms with E-state index in [1.54, 1.807) is 13.8 Å². The molecule has 0 saturated heterocycles. The summed E-state index contributed by atoms with van der Waals surface area (Å²) in [7, 11) is -3.83. The molecular formula is C16H16N6O5S3. The van der Waals surface area contributed by atoms with Gasteiger partial charge in [-0.1, -0.05) is 23.1 Å². The van der Waals surface area contributed by atoms with Crippen molar-refractivity contribution >= 4 is 49.8 Å². The first-order chi connectivity index (χ1) is 14.1. The van der Waals surface area contributed by atoms with Crippen molar-refractivity contribution in [1.82, 2.24) is 20.2 Å². The largest absolute Gasteiger partial charge is 0.493 e. The lowest BCUT2D eigenvalue weighted by atomic mass is 10.3. The summed E-state index contributed by atoms with van der Waals surface area (Å²) in [6.07, 6.45) is 0. The van der Waals surface area contributed by atoms with Crippen molar-refractivity contribution in [3.8, 4) is 5.88 Å². The molecule has 0 aliphatic rings. The lowest BCUT2D eigenvalue weighted by molar-refractivity contribution is -0.115. The fraction of sp³-hybridized carbons (Fsp3) is 0.188. The molecule has 0 fully saturated rings. The van der Waals surface area contributed by atoms with E-state index in [1.807, 2.05) is 0 Å². The van der Waals surface area contributed by atoms with E-state index in [4.69, 9.17) is 0 Å². The highest BCUT2D eigenvalue weighted by Crippen LogP contribution is 2.23. The van der Waals surface area contributed by atoms with Crippen LogP contribution in [0.3, 0.4) is 0 Å². The zero-order valence-electron chi connectivity index (χ0n) is 15.6. The third-order valence-electron chi connectivity index (χ3n) is 3.54. The normalized spacial score (nSPS) is 12.3. The monoisotopic (exact) mass is 468 g/mol. The minimum absolute atomic E-state index is 0.00249. The summed E-state index contributed by atoms with van der Waals surface area (Å²) in [6.45, 7) is 3.30. The van der Waals surface area contributed by atoms with Gasteiger partial charge in [0.05, 0.1) is 16.2 Å². The molecule has 4 N–H and O–H groups in total. The van der Waals surface area contributed by atoms with E-state index < -0.39 is 32.6 Å². The number of aryl methyl sites for hydroxylation is 1. The molecule has 1 amide bonds. The number of sulfonamides is 1. The van der Waals surface area contributed by atoms with Gasteiger partial charge in [-0.2, -0.15) is 4.98 Å². The number of hydrogen-bond acceptors (Lipinski definition) is 10. The topological polar surface area (TPSA) is 167 Å². The van der Waals surface area contributed by atoms with Crippen LogP contribution in [0.2, 0.25) is 0 Å². The van der Waals surface area contributed by atoms with E-state index in [0.29, 0.717) is 10.7 Å². The smallest absolute Gasteiger partial charge is 0.263 e. The molecule has 11 nitrogen and oxygen atoms in total. The number of thioether (sulfide) groups is 1. The Morgan fingerprint density at radius 1 is 1.27 bits per heavy atom. The first-order valence-corrected chi connectivity index (χ1v) is 11.5. The summed E-state index contributed by atoms with van der Waals surface area (Å²) < 4.78 is 27.1. The minimum atomic E-state index is -3.83. The van der Waals surface area contributed by atoms with Crippen molar-refractivity contribution in [2.24, 2.45) is 0 Å². The number of carbonyl (C=O) groups excluding carboxylic acids is 1. The van der Waals surface area contributed by atoms with Crippen molar-refractivity contribution in [3.05, 3.63) is 45.7 Å². The molecule has 2 aromatic heterocycles. The molecule has 0 spiro atoms. The van der Waals surface area contributed by atoms with Crippen molar-refractivity contribution < 1.29 is 18.3 Å². The Bertz CT molecular complexity index is 1220. The Morgan fingerprint density at radius 2 is 1.97 bits per heavy atom. The predicted molar refractivity (Wildman–Crippen MR) is 112 cm³/mol. The summed E-state index contributed by atoms with van der Waals surface area (Å²) in [4.78, 5) is 29.9. The number of nitrogens with zero attached hydrogens (tertiary/aromatic N) is 3. The van der Waals surface area contributed by atoms with Gasteiger partial charge in [-0.05, 0) is 38.1 Å². The number of amides is 1. The van der Waals surface area contributed by atoms with Crippen LogP contribution >= 0.6 is 23.1 Å². The van der Waals surface area contributed by atoms with Crippen LogP contribution in [0.15, 0.2) is 45.2 Å². The molecule has 30 heavy (non-hydrogen) atoms. The Balaban J connectivity index is 1.64. The van der Waals surface area contributed by atoms with Crippen LogP contribution in [0.5, 0.6) is 5.88 Å². The molecule has 14 heteroatoms. The van der Waals surface area contributed by atoms with E-state index in [-0.39, 0.29) is 15.2 Å². The van der Waals surface area contributed by atoms with Crippen molar-refractivity contribution in [1.29, 1.82) is 0 Å². The van der Waals surface area contributed by atoms with Gasteiger partial charge in [-0.3, -0.25) is 14.3 Å². The van der Waals surface area contributed by atoms with Gasteiger partial charge in [0.15, 0.2) is 5.16 Å². The van der Waals surface area contributed by atoms with E-state index in [2.05, 4.69) is 30.2 Å². The number of anilines is 2. The molecule has 0 aliphatic heterocycles. The molecule has 1 atom stereocenters. The highest BCUT2D eigenvalue weighted by Gasteiger charge is 2.19. The quantitative estimate of drug-likeness (QED) is 0.297. The molecule has 3 rings (SSSR count). The number of aromatic amines is 1. The summed E-state index contributed by atoms with van der Waals surface area (Å²) in [5.41, 5.74) is -0.151. The van der Waals surface area contributed by atoms with Crippen LogP contribution in [0.25, 0.3) is 0 Å². The van der Waals surface area contributed by atoms with Crippen molar-refractivity contribution in [3.63, 3.8) is 0 Å². The van der Waals surface area contributed by atoms with Gasteiger partial charge in [-0.25, -0.2) is 8.42 Å².